The molecule has 1 rings (SSSR count). The molecule has 16 heavy (non-hydrogen) atoms. The van der Waals surface area contributed by atoms with Crippen LogP contribution < -0.4 is 5.32 Å². The molecule has 0 aliphatic carbocycles. The number of amides is 1. The van der Waals surface area contributed by atoms with E-state index in [1.807, 2.05) is 20.8 Å². The van der Waals surface area contributed by atoms with Crippen LogP contribution in [0.3, 0.4) is 0 Å². The first kappa shape index (κ1) is 15.0. The van der Waals surface area contributed by atoms with Gasteiger partial charge in [-0.05, 0) is 5.41 Å². The Balaban J connectivity index is 0.000000315. The highest BCUT2D eigenvalue weighted by Crippen LogP contribution is 2.18. The Morgan fingerprint density at radius 3 is 2.50 bits per heavy atom. The second kappa shape index (κ2) is 7.33. The summed E-state index contributed by atoms with van der Waals surface area (Å²) >= 11 is 1.35. The van der Waals surface area contributed by atoms with Crippen molar-refractivity contribution in [2.24, 2.45) is 5.41 Å². The van der Waals surface area contributed by atoms with Gasteiger partial charge in [-0.25, -0.2) is 0 Å². The molecule has 0 atom stereocenters. The van der Waals surface area contributed by atoms with Crippen LogP contribution in [0.5, 0.6) is 0 Å². The fourth-order valence-electron chi connectivity index (χ4n) is 0.915. The lowest BCUT2D eigenvalue weighted by Gasteiger charge is -2.15. The van der Waals surface area contributed by atoms with E-state index in [1.165, 1.54) is 11.8 Å². The third-order valence-corrected chi connectivity index (χ3v) is 2.31. The Labute approximate surface area is 101 Å². The van der Waals surface area contributed by atoms with E-state index in [0.29, 0.717) is 6.42 Å². The fraction of sp³-hybridized carbons (Fsp3) is 0.636. The molecule has 1 heterocycles. The molecule has 1 saturated heterocycles. The zero-order valence-corrected chi connectivity index (χ0v) is 10.9. The van der Waals surface area contributed by atoms with Crippen molar-refractivity contribution in [2.45, 2.75) is 27.2 Å². The molecule has 0 aromatic carbocycles. The average Bonchev–Trinajstić information content (AvgIpc) is 2.53. The predicted octanol–water partition coefficient (Wildman–Crippen LogP) is 2.55. The monoisotopic (exact) mass is 245 g/mol. The highest BCUT2D eigenvalue weighted by molar-refractivity contribution is 8.13. The highest BCUT2D eigenvalue weighted by Gasteiger charge is 2.15. The summed E-state index contributed by atoms with van der Waals surface area (Å²) in [6.07, 6.45) is 1.59. The molecule has 1 aliphatic rings. The number of thioether (sulfide) groups is 1. The van der Waals surface area contributed by atoms with Crippen LogP contribution in [-0.2, 0) is 9.53 Å². The van der Waals surface area contributed by atoms with Crippen molar-refractivity contribution < 1.29 is 14.3 Å². The Hall–Kier alpha value is -0.970. The van der Waals surface area contributed by atoms with Crippen LogP contribution in [-0.4, -0.2) is 23.5 Å². The summed E-state index contributed by atoms with van der Waals surface area (Å²) in [6, 6.07) is 0. The molecule has 0 unspecified atom stereocenters. The van der Waals surface area contributed by atoms with Gasteiger partial charge >= 0.3 is 5.97 Å². The molecular formula is C11H19NO3S. The lowest BCUT2D eigenvalue weighted by Crippen LogP contribution is -2.13. The second-order valence-corrected chi connectivity index (χ2v) is 5.52. The molecule has 92 valence electrons. The summed E-state index contributed by atoms with van der Waals surface area (Å²) in [6.45, 7) is 10.1. The topological polar surface area (TPSA) is 55.4 Å². The van der Waals surface area contributed by atoms with E-state index in [2.05, 4.69) is 16.6 Å². The van der Waals surface area contributed by atoms with Crippen LogP contribution in [0.15, 0.2) is 12.8 Å². The van der Waals surface area contributed by atoms with Crippen molar-refractivity contribution in [2.75, 3.05) is 12.3 Å². The van der Waals surface area contributed by atoms with Gasteiger partial charge in [0.2, 0.25) is 0 Å². The predicted molar refractivity (Wildman–Crippen MR) is 66.2 cm³/mol. The molecule has 0 aromatic heterocycles. The number of hydrogen-bond donors (Lipinski definition) is 1. The molecule has 0 aromatic rings. The van der Waals surface area contributed by atoms with Gasteiger partial charge in [-0.1, -0.05) is 39.1 Å². The van der Waals surface area contributed by atoms with E-state index in [9.17, 15) is 9.59 Å². The van der Waals surface area contributed by atoms with Crippen LogP contribution in [0.4, 0.5) is 4.79 Å². The molecule has 4 nitrogen and oxygen atoms in total. The number of carbonyl (C=O) groups excluding carboxylic acids is 2. The van der Waals surface area contributed by atoms with Gasteiger partial charge in [0.1, 0.15) is 0 Å². The van der Waals surface area contributed by atoms with Crippen LogP contribution >= 0.6 is 11.8 Å². The number of hydrogen-bond acceptors (Lipinski definition) is 4. The highest BCUT2D eigenvalue weighted by atomic mass is 32.2. The minimum atomic E-state index is -0.220. The molecule has 1 amide bonds. The number of esters is 1. The molecule has 0 saturated carbocycles. The van der Waals surface area contributed by atoms with Crippen LogP contribution in [0.1, 0.15) is 27.2 Å². The maximum Gasteiger partial charge on any atom is 0.311 e. The normalized spacial score (nSPS) is 14.6. The Morgan fingerprint density at radius 2 is 2.25 bits per heavy atom. The first-order valence-electron chi connectivity index (χ1n) is 5.06. The van der Waals surface area contributed by atoms with E-state index in [4.69, 9.17) is 0 Å². The number of carbonyl (C=O) groups is 2. The van der Waals surface area contributed by atoms with Gasteiger partial charge in [0, 0.05) is 12.3 Å². The van der Waals surface area contributed by atoms with Gasteiger partial charge in [0.15, 0.2) is 0 Å². The lowest BCUT2D eigenvalue weighted by molar-refractivity contribution is -0.139. The van der Waals surface area contributed by atoms with Gasteiger partial charge in [0.05, 0.1) is 12.7 Å². The lowest BCUT2D eigenvalue weighted by atomic mass is 9.93. The van der Waals surface area contributed by atoms with Crippen molar-refractivity contribution in [3.63, 3.8) is 0 Å². The molecule has 0 spiro atoms. The largest absolute Gasteiger partial charge is 0.435 e. The molecule has 1 fully saturated rings. The third-order valence-electron chi connectivity index (χ3n) is 1.49. The van der Waals surface area contributed by atoms with Crippen molar-refractivity contribution in [3.8, 4) is 0 Å². The minimum absolute atomic E-state index is 0.0000926. The molecule has 1 N–H and O–H groups in total. The number of ether oxygens (including phenoxy) is 1. The van der Waals surface area contributed by atoms with Gasteiger partial charge in [-0.15, -0.1) is 0 Å². The summed E-state index contributed by atoms with van der Waals surface area (Å²) in [4.78, 5) is 20.9. The van der Waals surface area contributed by atoms with E-state index >= 15 is 0 Å². The molecule has 0 bridgehead atoms. The van der Waals surface area contributed by atoms with E-state index in [-0.39, 0.29) is 16.6 Å². The van der Waals surface area contributed by atoms with E-state index < -0.39 is 0 Å². The van der Waals surface area contributed by atoms with Crippen LogP contribution in [0, 0.1) is 5.41 Å². The van der Waals surface area contributed by atoms with E-state index in [1.54, 1.807) is 0 Å². The Kier molecular flexibility index (Phi) is 6.88. The average molecular weight is 245 g/mol. The van der Waals surface area contributed by atoms with Crippen molar-refractivity contribution in [1.82, 2.24) is 5.32 Å². The quantitative estimate of drug-likeness (QED) is 0.600. The number of rotatable bonds is 2. The maximum absolute atomic E-state index is 10.8. The summed E-state index contributed by atoms with van der Waals surface area (Å²) in [5.74, 6) is 0.723. The summed E-state index contributed by atoms with van der Waals surface area (Å²) < 4.78 is 4.54. The summed E-state index contributed by atoms with van der Waals surface area (Å²) in [5.41, 5.74) is 0.0000926. The van der Waals surface area contributed by atoms with Gasteiger partial charge < -0.3 is 10.1 Å². The third kappa shape index (κ3) is 9.58. The first-order chi connectivity index (χ1) is 7.35. The Bertz CT molecular complexity index is 250. The molecule has 5 heteroatoms. The van der Waals surface area contributed by atoms with Gasteiger partial charge in [-0.2, -0.15) is 0 Å². The zero-order valence-electron chi connectivity index (χ0n) is 10.0. The molecule has 0 radical (unpaired) electrons. The van der Waals surface area contributed by atoms with E-state index in [0.717, 1.165) is 18.6 Å². The zero-order chi connectivity index (χ0) is 12.6. The smallest absolute Gasteiger partial charge is 0.311 e. The fourth-order valence-corrected chi connectivity index (χ4v) is 1.51. The minimum Gasteiger partial charge on any atom is -0.435 e. The van der Waals surface area contributed by atoms with Crippen LogP contribution in [0.2, 0.25) is 0 Å². The van der Waals surface area contributed by atoms with Crippen molar-refractivity contribution >= 4 is 23.0 Å². The molecule has 1 aliphatic heterocycles. The first-order valence-corrected chi connectivity index (χ1v) is 6.05. The Morgan fingerprint density at radius 1 is 1.62 bits per heavy atom. The van der Waals surface area contributed by atoms with Crippen molar-refractivity contribution in [3.05, 3.63) is 12.8 Å². The second-order valence-electron chi connectivity index (χ2n) is 4.46. The summed E-state index contributed by atoms with van der Waals surface area (Å²) in [5, 5.41) is 2.76. The number of nitrogens with one attached hydrogen (secondary N) is 1. The van der Waals surface area contributed by atoms with Gasteiger partial charge in [0.25, 0.3) is 5.24 Å². The van der Waals surface area contributed by atoms with Crippen molar-refractivity contribution in [1.29, 1.82) is 0 Å². The molecular weight excluding hydrogens is 226 g/mol. The van der Waals surface area contributed by atoms with Crippen LogP contribution in [0.25, 0.3) is 0 Å². The maximum atomic E-state index is 10.8. The standard InChI is InChI=1S/C8H14O2.C3H5NOS/c1-5-10-7(9)6-8(2,3)4;5-3-4-1-2-6-3/h5H,1,6H2,2-4H3;1-2H2,(H,4,5). The SMILES string of the molecule is C=COC(=O)CC(C)(C)C.O=C1NCCS1. The van der Waals surface area contributed by atoms with Gasteiger partial charge in [-0.3, -0.25) is 9.59 Å². The summed E-state index contributed by atoms with van der Waals surface area (Å²) in [7, 11) is 0.